The zero-order chi connectivity index (χ0) is 14.2. The SMILES string of the molecule is O=C1CCC2(CC1C(=O)c1ccc(Cl)cc1)OCCO2. The van der Waals surface area contributed by atoms with Crippen LogP contribution in [0.15, 0.2) is 24.3 Å². The van der Waals surface area contributed by atoms with E-state index in [1.54, 1.807) is 24.3 Å². The van der Waals surface area contributed by atoms with Gasteiger partial charge in [-0.15, -0.1) is 0 Å². The zero-order valence-electron chi connectivity index (χ0n) is 10.9. The molecule has 4 nitrogen and oxygen atoms in total. The molecule has 3 rings (SSSR count). The van der Waals surface area contributed by atoms with Crippen LogP contribution in [0.4, 0.5) is 0 Å². The molecule has 1 aromatic carbocycles. The van der Waals surface area contributed by atoms with Gasteiger partial charge in [0.15, 0.2) is 11.6 Å². The van der Waals surface area contributed by atoms with Crippen molar-refractivity contribution in [3.05, 3.63) is 34.9 Å². The molecule has 0 amide bonds. The molecule has 2 aliphatic rings. The summed E-state index contributed by atoms with van der Waals surface area (Å²) in [6, 6.07) is 6.60. The van der Waals surface area contributed by atoms with Crippen LogP contribution in [0, 0.1) is 5.92 Å². The molecule has 1 aromatic rings. The largest absolute Gasteiger partial charge is 0.347 e. The van der Waals surface area contributed by atoms with Gasteiger partial charge in [-0.3, -0.25) is 9.59 Å². The van der Waals surface area contributed by atoms with Crippen LogP contribution in [0.25, 0.3) is 0 Å². The molecule has 20 heavy (non-hydrogen) atoms. The monoisotopic (exact) mass is 294 g/mol. The van der Waals surface area contributed by atoms with E-state index in [0.29, 0.717) is 43.1 Å². The van der Waals surface area contributed by atoms with E-state index in [1.165, 1.54) is 0 Å². The first-order chi connectivity index (χ1) is 9.60. The van der Waals surface area contributed by atoms with Crippen molar-refractivity contribution in [3.63, 3.8) is 0 Å². The van der Waals surface area contributed by atoms with E-state index in [2.05, 4.69) is 0 Å². The second-order valence-electron chi connectivity index (χ2n) is 5.20. The molecule has 0 N–H and O–H groups in total. The van der Waals surface area contributed by atoms with E-state index in [9.17, 15) is 9.59 Å². The Hall–Kier alpha value is -1.23. The summed E-state index contributed by atoms with van der Waals surface area (Å²) in [5, 5.41) is 0.565. The maximum absolute atomic E-state index is 12.5. The second-order valence-corrected chi connectivity index (χ2v) is 5.64. The number of ether oxygens (including phenoxy) is 2. The van der Waals surface area contributed by atoms with Crippen molar-refractivity contribution in [1.29, 1.82) is 0 Å². The molecule has 0 radical (unpaired) electrons. The number of carbonyl (C=O) groups is 2. The quantitative estimate of drug-likeness (QED) is 0.621. The maximum Gasteiger partial charge on any atom is 0.173 e. The van der Waals surface area contributed by atoms with Crippen molar-refractivity contribution in [2.24, 2.45) is 5.92 Å². The first-order valence-electron chi connectivity index (χ1n) is 6.70. The van der Waals surface area contributed by atoms with Crippen LogP contribution in [0.2, 0.25) is 5.02 Å². The highest BCUT2D eigenvalue weighted by molar-refractivity contribution is 6.30. The van der Waals surface area contributed by atoms with Crippen molar-refractivity contribution in [2.75, 3.05) is 13.2 Å². The molecule has 1 saturated carbocycles. The van der Waals surface area contributed by atoms with Crippen molar-refractivity contribution < 1.29 is 19.1 Å². The molecule has 5 heteroatoms. The fraction of sp³-hybridized carbons (Fsp3) is 0.467. The van der Waals surface area contributed by atoms with Gasteiger partial charge < -0.3 is 9.47 Å². The third-order valence-corrected chi connectivity index (χ3v) is 4.17. The molecule has 1 saturated heterocycles. The molecule has 0 bridgehead atoms. The molecular formula is C15H15ClO4. The van der Waals surface area contributed by atoms with Crippen molar-refractivity contribution in [2.45, 2.75) is 25.0 Å². The predicted octanol–water partition coefficient (Wildman–Crippen LogP) is 2.64. The summed E-state index contributed by atoms with van der Waals surface area (Å²) < 4.78 is 11.2. The minimum absolute atomic E-state index is 0.0327. The standard InChI is InChI=1S/C15H15ClO4/c16-11-3-1-10(2-4-11)14(18)12-9-15(6-5-13(12)17)19-7-8-20-15/h1-4,12H,5-9H2. The van der Waals surface area contributed by atoms with E-state index in [0.717, 1.165) is 0 Å². The highest BCUT2D eigenvalue weighted by Gasteiger charge is 2.47. The van der Waals surface area contributed by atoms with Crippen LogP contribution >= 0.6 is 11.6 Å². The van der Waals surface area contributed by atoms with Gasteiger partial charge in [0.25, 0.3) is 0 Å². The Bertz CT molecular complexity index is 531. The number of hydrogen-bond acceptors (Lipinski definition) is 4. The van der Waals surface area contributed by atoms with Crippen molar-refractivity contribution >= 4 is 23.2 Å². The van der Waals surface area contributed by atoms with Crippen LogP contribution in [0.3, 0.4) is 0 Å². The average Bonchev–Trinajstić information content (AvgIpc) is 2.90. The van der Waals surface area contributed by atoms with Gasteiger partial charge >= 0.3 is 0 Å². The summed E-state index contributed by atoms with van der Waals surface area (Å²) in [7, 11) is 0. The summed E-state index contributed by atoms with van der Waals surface area (Å²) in [4.78, 5) is 24.5. The van der Waals surface area contributed by atoms with Gasteiger partial charge in [-0.25, -0.2) is 0 Å². The van der Waals surface area contributed by atoms with Gasteiger partial charge in [-0.2, -0.15) is 0 Å². The molecule has 1 heterocycles. The topological polar surface area (TPSA) is 52.6 Å². The van der Waals surface area contributed by atoms with Gasteiger partial charge in [-0.1, -0.05) is 11.6 Å². The number of rotatable bonds is 2. The number of ketones is 2. The van der Waals surface area contributed by atoms with E-state index in [1.807, 2.05) is 0 Å². The Morgan fingerprint density at radius 2 is 1.85 bits per heavy atom. The Labute approximate surface area is 122 Å². The molecular weight excluding hydrogens is 280 g/mol. The number of carbonyl (C=O) groups excluding carboxylic acids is 2. The lowest BCUT2D eigenvalue weighted by molar-refractivity contribution is -0.185. The summed E-state index contributed by atoms with van der Waals surface area (Å²) in [6.45, 7) is 1.05. The number of halogens is 1. The molecule has 1 atom stereocenters. The molecule has 1 unspecified atom stereocenters. The molecule has 1 aliphatic heterocycles. The molecule has 2 fully saturated rings. The van der Waals surface area contributed by atoms with Crippen LogP contribution in [0.5, 0.6) is 0 Å². The normalized spacial score (nSPS) is 25.1. The Kier molecular flexibility index (Phi) is 3.63. The summed E-state index contributed by atoms with van der Waals surface area (Å²) in [6.07, 6.45) is 1.17. The number of Topliss-reactive ketones (excluding diaryl/α,β-unsaturated/α-hetero) is 2. The first-order valence-corrected chi connectivity index (χ1v) is 7.08. The van der Waals surface area contributed by atoms with Crippen molar-refractivity contribution in [3.8, 4) is 0 Å². The van der Waals surface area contributed by atoms with Crippen LogP contribution in [-0.2, 0) is 14.3 Å². The second kappa shape index (κ2) is 5.28. The van der Waals surface area contributed by atoms with E-state index in [-0.39, 0.29) is 11.6 Å². The molecule has 106 valence electrons. The molecule has 1 spiro atoms. The van der Waals surface area contributed by atoms with Crippen LogP contribution < -0.4 is 0 Å². The highest BCUT2D eigenvalue weighted by Crippen LogP contribution is 2.38. The minimum atomic E-state index is -0.735. The number of benzene rings is 1. The minimum Gasteiger partial charge on any atom is -0.347 e. The van der Waals surface area contributed by atoms with Gasteiger partial charge in [0.1, 0.15) is 5.78 Å². The molecule has 0 aromatic heterocycles. The predicted molar refractivity (Wildman–Crippen MR) is 72.8 cm³/mol. The molecule has 1 aliphatic carbocycles. The Morgan fingerprint density at radius 1 is 1.20 bits per heavy atom. The lowest BCUT2D eigenvalue weighted by Gasteiger charge is -2.34. The van der Waals surface area contributed by atoms with Gasteiger partial charge in [0, 0.05) is 29.8 Å². The zero-order valence-corrected chi connectivity index (χ0v) is 11.7. The number of hydrogen-bond donors (Lipinski definition) is 0. The lowest BCUT2D eigenvalue weighted by atomic mass is 9.79. The fourth-order valence-electron chi connectivity index (χ4n) is 2.83. The van der Waals surface area contributed by atoms with E-state index < -0.39 is 11.7 Å². The van der Waals surface area contributed by atoms with E-state index >= 15 is 0 Å². The summed E-state index contributed by atoms with van der Waals surface area (Å²) >= 11 is 5.81. The Morgan fingerprint density at radius 3 is 2.50 bits per heavy atom. The van der Waals surface area contributed by atoms with E-state index in [4.69, 9.17) is 21.1 Å². The van der Waals surface area contributed by atoms with Crippen LogP contribution in [-0.4, -0.2) is 30.6 Å². The summed E-state index contributed by atoms with van der Waals surface area (Å²) in [5.41, 5.74) is 0.503. The first kappa shape index (κ1) is 13.7. The maximum atomic E-state index is 12.5. The van der Waals surface area contributed by atoms with Crippen molar-refractivity contribution in [1.82, 2.24) is 0 Å². The van der Waals surface area contributed by atoms with Gasteiger partial charge in [-0.05, 0) is 24.3 Å². The van der Waals surface area contributed by atoms with Gasteiger partial charge in [0.2, 0.25) is 0 Å². The smallest absolute Gasteiger partial charge is 0.173 e. The third-order valence-electron chi connectivity index (χ3n) is 3.91. The lowest BCUT2D eigenvalue weighted by Crippen LogP contribution is -2.43. The van der Waals surface area contributed by atoms with Gasteiger partial charge in [0.05, 0.1) is 19.1 Å². The third kappa shape index (κ3) is 2.51. The van der Waals surface area contributed by atoms with Crippen LogP contribution in [0.1, 0.15) is 29.6 Å². The Balaban J connectivity index is 1.81. The summed E-state index contributed by atoms with van der Waals surface area (Å²) in [5.74, 6) is -1.62. The average molecular weight is 295 g/mol. The highest BCUT2D eigenvalue weighted by atomic mass is 35.5. The fourth-order valence-corrected chi connectivity index (χ4v) is 2.95.